The lowest BCUT2D eigenvalue weighted by Crippen LogP contribution is -2.30. The summed E-state index contributed by atoms with van der Waals surface area (Å²) >= 11 is 0. The lowest BCUT2D eigenvalue weighted by atomic mass is 10.1. The summed E-state index contributed by atoms with van der Waals surface area (Å²) in [5.41, 5.74) is 3.14. The fraction of sp³-hybridized carbons (Fsp3) is 0.421. The van der Waals surface area contributed by atoms with E-state index in [0.717, 1.165) is 43.3 Å². The number of aryl methyl sites for hydroxylation is 1. The van der Waals surface area contributed by atoms with E-state index in [1.54, 1.807) is 6.20 Å². The van der Waals surface area contributed by atoms with Crippen LogP contribution in [-0.2, 0) is 31.0 Å². The third-order valence-electron chi connectivity index (χ3n) is 4.55. The average Bonchev–Trinajstić information content (AvgIpc) is 3.21. The molecule has 3 aromatic heterocycles. The molecule has 0 fully saturated rings. The Morgan fingerprint density at radius 2 is 2.23 bits per heavy atom. The van der Waals surface area contributed by atoms with Crippen molar-refractivity contribution in [2.24, 2.45) is 5.92 Å². The van der Waals surface area contributed by atoms with Crippen LogP contribution in [0.3, 0.4) is 0 Å². The average molecular weight is 353 g/mol. The molecular weight excluding hydrogens is 330 g/mol. The van der Waals surface area contributed by atoms with Crippen LogP contribution in [0.15, 0.2) is 47.5 Å². The second-order valence-electron chi connectivity index (χ2n) is 6.84. The first-order valence-electron chi connectivity index (χ1n) is 8.87. The van der Waals surface area contributed by atoms with Gasteiger partial charge in [-0.15, -0.1) is 0 Å². The summed E-state index contributed by atoms with van der Waals surface area (Å²) in [4.78, 5) is 11.0. The number of fused-ring (bicyclic) bond motifs is 1. The van der Waals surface area contributed by atoms with E-state index in [2.05, 4.69) is 24.6 Å². The van der Waals surface area contributed by atoms with E-state index in [1.165, 1.54) is 5.69 Å². The molecular formula is C19H23N5O2. The van der Waals surface area contributed by atoms with Crippen molar-refractivity contribution < 1.29 is 9.26 Å². The largest absolute Gasteiger partial charge is 0.375 e. The lowest BCUT2D eigenvalue weighted by Gasteiger charge is -2.22. The van der Waals surface area contributed by atoms with Crippen LogP contribution < -0.4 is 0 Å². The third kappa shape index (κ3) is 4.17. The van der Waals surface area contributed by atoms with Crippen molar-refractivity contribution in [2.75, 3.05) is 13.2 Å². The Labute approximate surface area is 152 Å². The molecule has 0 aliphatic carbocycles. The van der Waals surface area contributed by atoms with Crippen LogP contribution in [0.5, 0.6) is 0 Å². The Morgan fingerprint density at radius 1 is 1.27 bits per heavy atom. The lowest BCUT2D eigenvalue weighted by molar-refractivity contribution is 0.0645. The Bertz CT molecular complexity index is 829. The van der Waals surface area contributed by atoms with E-state index in [9.17, 15) is 0 Å². The molecule has 0 radical (unpaired) electrons. The van der Waals surface area contributed by atoms with Crippen molar-refractivity contribution in [3.8, 4) is 0 Å². The predicted octanol–water partition coefficient (Wildman–Crippen LogP) is 2.42. The summed E-state index contributed by atoms with van der Waals surface area (Å²) in [5, 5.41) is 4.13. The number of ether oxygens (including phenoxy) is 1. The van der Waals surface area contributed by atoms with Crippen molar-refractivity contribution in [3.05, 3.63) is 65.8 Å². The van der Waals surface area contributed by atoms with Crippen LogP contribution >= 0.6 is 0 Å². The first-order valence-corrected chi connectivity index (χ1v) is 8.87. The molecule has 1 aliphatic rings. The van der Waals surface area contributed by atoms with Gasteiger partial charge in [-0.05, 0) is 19.1 Å². The Hall–Kier alpha value is -2.51. The zero-order valence-corrected chi connectivity index (χ0v) is 14.9. The SMILES string of the molecule is Cc1cc(CN2Cc3cncn3C[C@@H](COCc3ccccn3)C2)no1. The van der Waals surface area contributed by atoms with Gasteiger partial charge in [0.2, 0.25) is 0 Å². The normalized spacial score (nSPS) is 17.8. The second kappa shape index (κ2) is 7.80. The molecule has 0 saturated heterocycles. The van der Waals surface area contributed by atoms with Gasteiger partial charge in [-0.2, -0.15) is 0 Å². The van der Waals surface area contributed by atoms with Crippen molar-refractivity contribution >= 4 is 0 Å². The van der Waals surface area contributed by atoms with Gasteiger partial charge in [-0.25, -0.2) is 4.98 Å². The number of imidazole rings is 1. The molecule has 3 aromatic rings. The van der Waals surface area contributed by atoms with Crippen molar-refractivity contribution in [3.63, 3.8) is 0 Å². The minimum atomic E-state index is 0.377. The zero-order chi connectivity index (χ0) is 17.8. The van der Waals surface area contributed by atoms with Gasteiger partial charge in [-0.1, -0.05) is 11.2 Å². The molecule has 1 aliphatic heterocycles. The zero-order valence-electron chi connectivity index (χ0n) is 14.9. The van der Waals surface area contributed by atoms with E-state index >= 15 is 0 Å². The van der Waals surface area contributed by atoms with E-state index < -0.39 is 0 Å². The molecule has 26 heavy (non-hydrogen) atoms. The van der Waals surface area contributed by atoms with Crippen LogP contribution in [0.25, 0.3) is 0 Å². The summed E-state index contributed by atoms with van der Waals surface area (Å²) < 4.78 is 13.4. The molecule has 4 rings (SSSR count). The summed E-state index contributed by atoms with van der Waals surface area (Å²) in [7, 11) is 0. The van der Waals surface area contributed by atoms with Gasteiger partial charge in [-0.3, -0.25) is 9.88 Å². The minimum Gasteiger partial charge on any atom is -0.375 e. The van der Waals surface area contributed by atoms with E-state index in [4.69, 9.17) is 9.26 Å². The molecule has 0 spiro atoms. The van der Waals surface area contributed by atoms with Crippen molar-refractivity contribution in [2.45, 2.75) is 33.2 Å². The fourth-order valence-corrected chi connectivity index (χ4v) is 3.40. The maximum absolute atomic E-state index is 5.95. The molecule has 7 heteroatoms. The van der Waals surface area contributed by atoms with Crippen molar-refractivity contribution in [1.29, 1.82) is 0 Å². The molecule has 0 saturated carbocycles. The topological polar surface area (TPSA) is 69.2 Å². The summed E-state index contributed by atoms with van der Waals surface area (Å²) in [5.74, 6) is 1.22. The first kappa shape index (κ1) is 16.9. The highest BCUT2D eigenvalue weighted by atomic mass is 16.5. The monoisotopic (exact) mass is 353 g/mol. The smallest absolute Gasteiger partial charge is 0.133 e. The van der Waals surface area contributed by atoms with Crippen LogP contribution in [0.2, 0.25) is 0 Å². The van der Waals surface area contributed by atoms with Gasteiger partial charge >= 0.3 is 0 Å². The molecule has 0 unspecified atom stereocenters. The molecule has 4 heterocycles. The summed E-state index contributed by atoms with van der Waals surface area (Å²) in [6.45, 7) is 6.60. The number of nitrogens with zero attached hydrogens (tertiary/aromatic N) is 5. The van der Waals surface area contributed by atoms with Crippen LogP contribution in [0.1, 0.15) is 22.8 Å². The van der Waals surface area contributed by atoms with Crippen LogP contribution in [-0.4, -0.2) is 37.7 Å². The number of pyridine rings is 1. The molecule has 7 nitrogen and oxygen atoms in total. The fourth-order valence-electron chi connectivity index (χ4n) is 3.40. The molecule has 0 bridgehead atoms. The quantitative estimate of drug-likeness (QED) is 0.678. The summed E-state index contributed by atoms with van der Waals surface area (Å²) in [6.07, 6.45) is 5.65. The summed E-state index contributed by atoms with van der Waals surface area (Å²) in [6, 6.07) is 7.88. The standard InChI is InChI=1S/C19H23N5O2/c1-15-6-18(22-26-15)10-23-8-16(9-24-14-20-7-19(24)11-23)12-25-13-17-4-2-3-5-21-17/h2-7,14,16H,8-13H2,1H3/t16-/m0/s1. The molecule has 0 aromatic carbocycles. The first-order chi connectivity index (χ1) is 12.8. The number of rotatable bonds is 6. The highest BCUT2D eigenvalue weighted by Gasteiger charge is 2.23. The molecule has 1 atom stereocenters. The molecule has 136 valence electrons. The second-order valence-corrected chi connectivity index (χ2v) is 6.84. The van der Waals surface area contributed by atoms with E-state index in [0.29, 0.717) is 19.1 Å². The Kier molecular flexibility index (Phi) is 5.08. The molecule has 0 N–H and O–H groups in total. The number of aromatic nitrogens is 4. The minimum absolute atomic E-state index is 0.377. The maximum atomic E-state index is 5.95. The van der Waals surface area contributed by atoms with Gasteiger partial charge in [0.15, 0.2) is 0 Å². The van der Waals surface area contributed by atoms with E-state index in [-0.39, 0.29) is 0 Å². The van der Waals surface area contributed by atoms with Crippen LogP contribution in [0.4, 0.5) is 0 Å². The molecule has 0 amide bonds. The van der Waals surface area contributed by atoms with Crippen LogP contribution in [0, 0.1) is 12.8 Å². The van der Waals surface area contributed by atoms with Gasteiger partial charge in [0.25, 0.3) is 0 Å². The third-order valence-corrected chi connectivity index (χ3v) is 4.55. The number of hydrogen-bond donors (Lipinski definition) is 0. The predicted molar refractivity (Wildman–Crippen MR) is 95.0 cm³/mol. The van der Waals surface area contributed by atoms with Gasteiger partial charge in [0.05, 0.1) is 36.6 Å². The Balaban J connectivity index is 1.40. The Morgan fingerprint density at radius 3 is 3.04 bits per heavy atom. The highest BCUT2D eigenvalue weighted by Crippen LogP contribution is 2.19. The van der Waals surface area contributed by atoms with Gasteiger partial charge in [0, 0.05) is 50.6 Å². The van der Waals surface area contributed by atoms with Gasteiger partial charge < -0.3 is 13.8 Å². The number of hydrogen-bond acceptors (Lipinski definition) is 6. The maximum Gasteiger partial charge on any atom is 0.133 e. The van der Waals surface area contributed by atoms with Gasteiger partial charge in [0.1, 0.15) is 5.76 Å². The van der Waals surface area contributed by atoms with E-state index in [1.807, 2.05) is 43.7 Å². The van der Waals surface area contributed by atoms with Crippen molar-refractivity contribution in [1.82, 2.24) is 24.6 Å². The highest BCUT2D eigenvalue weighted by molar-refractivity contribution is 5.06.